The molecule has 1 aromatic carbocycles. The molecule has 1 fully saturated rings. The first-order valence-electron chi connectivity index (χ1n) is 8.06. The fourth-order valence-corrected chi connectivity index (χ4v) is 2.64. The van der Waals surface area contributed by atoms with Crippen molar-refractivity contribution in [1.29, 1.82) is 0 Å². The molecule has 5 heteroatoms. The van der Waals surface area contributed by atoms with Gasteiger partial charge in [-0.05, 0) is 37.7 Å². The maximum Gasteiger partial charge on any atom is 0.408 e. The normalized spacial score (nSPS) is 16.9. The Morgan fingerprint density at radius 1 is 1.22 bits per heavy atom. The molecule has 0 aromatic heterocycles. The van der Waals surface area contributed by atoms with Crippen molar-refractivity contribution in [2.75, 3.05) is 0 Å². The Labute approximate surface area is 136 Å². The van der Waals surface area contributed by atoms with Gasteiger partial charge in [0.05, 0.1) is 0 Å². The van der Waals surface area contributed by atoms with Gasteiger partial charge in [0.15, 0.2) is 0 Å². The van der Waals surface area contributed by atoms with Crippen LogP contribution in [0.1, 0.15) is 44.1 Å². The third kappa shape index (κ3) is 6.14. The lowest BCUT2D eigenvalue weighted by molar-refractivity contribution is -0.139. The van der Waals surface area contributed by atoms with Gasteiger partial charge in [-0.25, -0.2) is 9.59 Å². The molecule has 5 nitrogen and oxygen atoms in total. The summed E-state index contributed by atoms with van der Waals surface area (Å²) < 4.78 is 5.30. The van der Waals surface area contributed by atoms with E-state index < -0.39 is 18.1 Å². The Hall–Kier alpha value is -2.30. The van der Waals surface area contributed by atoms with Gasteiger partial charge in [0.25, 0.3) is 0 Å². The zero-order chi connectivity index (χ0) is 16.5. The fourth-order valence-electron chi connectivity index (χ4n) is 2.64. The number of aliphatic carboxylic acids is 1. The average molecular weight is 317 g/mol. The van der Waals surface area contributed by atoms with E-state index in [2.05, 4.69) is 5.32 Å². The number of carboxylic acid groups (broad SMARTS) is 1. The highest BCUT2D eigenvalue weighted by atomic mass is 16.6. The van der Waals surface area contributed by atoms with Crippen LogP contribution in [-0.2, 0) is 9.53 Å². The van der Waals surface area contributed by atoms with Crippen LogP contribution < -0.4 is 5.32 Å². The Morgan fingerprint density at radius 3 is 2.57 bits per heavy atom. The molecule has 1 amide bonds. The minimum Gasteiger partial charge on any atom is -0.480 e. The molecule has 1 saturated carbocycles. The molecule has 0 unspecified atom stereocenters. The molecule has 23 heavy (non-hydrogen) atoms. The molecule has 124 valence electrons. The maximum absolute atomic E-state index is 11.8. The van der Waals surface area contributed by atoms with Crippen LogP contribution in [0.25, 0.3) is 6.08 Å². The van der Waals surface area contributed by atoms with Crippen LogP contribution in [0.2, 0.25) is 0 Å². The van der Waals surface area contributed by atoms with Crippen LogP contribution in [0.15, 0.2) is 36.4 Å². The van der Waals surface area contributed by atoms with Gasteiger partial charge in [0, 0.05) is 0 Å². The van der Waals surface area contributed by atoms with E-state index in [1.54, 1.807) is 6.08 Å². The number of benzene rings is 1. The standard InChI is InChI=1S/C18H23NO4/c20-17(21)16(13-7-10-14-8-3-1-4-9-14)19-18(22)23-15-11-5-2-6-12-15/h1,3-4,7-10,15-16H,2,5-6,11-13H2,(H,19,22)(H,20,21)/t16-/m1/s1. The van der Waals surface area contributed by atoms with Crippen LogP contribution in [0.3, 0.4) is 0 Å². The first-order valence-corrected chi connectivity index (χ1v) is 8.06. The zero-order valence-electron chi connectivity index (χ0n) is 13.1. The van der Waals surface area contributed by atoms with Gasteiger partial charge in [-0.3, -0.25) is 0 Å². The van der Waals surface area contributed by atoms with Crippen LogP contribution in [0.5, 0.6) is 0 Å². The monoisotopic (exact) mass is 317 g/mol. The van der Waals surface area contributed by atoms with Gasteiger partial charge >= 0.3 is 12.1 Å². The average Bonchev–Trinajstić information content (AvgIpc) is 2.55. The molecule has 0 heterocycles. The SMILES string of the molecule is O=C(N[C@H](CC=Cc1ccccc1)C(=O)O)OC1CCCCC1. The Kier molecular flexibility index (Phi) is 6.66. The molecule has 0 radical (unpaired) electrons. The van der Waals surface area contributed by atoms with Crippen molar-refractivity contribution >= 4 is 18.1 Å². The highest BCUT2D eigenvalue weighted by Gasteiger charge is 2.22. The van der Waals surface area contributed by atoms with Crippen molar-refractivity contribution < 1.29 is 19.4 Å². The number of alkyl carbamates (subject to hydrolysis) is 1. The summed E-state index contributed by atoms with van der Waals surface area (Å²) in [5, 5.41) is 11.7. The van der Waals surface area contributed by atoms with Crippen molar-refractivity contribution in [3.05, 3.63) is 42.0 Å². The molecule has 0 saturated heterocycles. The lowest BCUT2D eigenvalue weighted by Crippen LogP contribution is -2.42. The minimum atomic E-state index is -1.07. The van der Waals surface area contributed by atoms with Gasteiger partial charge in [-0.2, -0.15) is 0 Å². The molecular formula is C18H23NO4. The van der Waals surface area contributed by atoms with E-state index in [0.29, 0.717) is 0 Å². The molecule has 1 aromatic rings. The smallest absolute Gasteiger partial charge is 0.408 e. The first kappa shape index (κ1) is 17.1. The van der Waals surface area contributed by atoms with Crippen molar-refractivity contribution in [3.63, 3.8) is 0 Å². The number of carboxylic acids is 1. The second kappa shape index (κ2) is 8.98. The third-order valence-corrected chi connectivity index (χ3v) is 3.90. The van der Waals surface area contributed by atoms with Gasteiger partial charge in [0.1, 0.15) is 12.1 Å². The highest BCUT2D eigenvalue weighted by molar-refractivity contribution is 5.80. The number of carbonyl (C=O) groups is 2. The molecule has 2 rings (SSSR count). The lowest BCUT2D eigenvalue weighted by atomic mass is 9.98. The Morgan fingerprint density at radius 2 is 1.91 bits per heavy atom. The number of ether oxygens (including phenoxy) is 1. The Bertz CT molecular complexity index is 535. The highest BCUT2D eigenvalue weighted by Crippen LogP contribution is 2.20. The zero-order valence-corrected chi connectivity index (χ0v) is 13.1. The van der Waals surface area contributed by atoms with Crippen molar-refractivity contribution in [2.45, 2.75) is 50.7 Å². The van der Waals surface area contributed by atoms with Crippen LogP contribution in [0.4, 0.5) is 4.79 Å². The number of hydrogen-bond acceptors (Lipinski definition) is 3. The number of hydrogen-bond donors (Lipinski definition) is 2. The van der Waals surface area contributed by atoms with E-state index in [1.165, 1.54) is 6.42 Å². The van der Waals surface area contributed by atoms with E-state index in [9.17, 15) is 14.7 Å². The van der Waals surface area contributed by atoms with Gasteiger partial charge in [-0.15, -0.1) is 0 Å². The molecule has 0 aliphatic heterocycles. The van der Waals surface area contributed by atoms with E-state index in [0.717, 1.165) is 31.2 Å². The number of carbonyl (C=O) groups excluding carboxylic acids is 1. The summed E-state index contributed by atoms with van der Waals surface area (Å²) >= 11 is 0. The van der Waals surface area contributed by atoms with Crippen LogP contribution >= 0.6 is 0 Å². The Balaban J connectivity index is 1.82. The van der Waals surface area contributed by atoms with E-state index in [-0.39, 0.29) is 12.5 Å². The van der Waals surface area contributed by atoms with Gasteiger partial charge in [0.2, 0.25) is 0 Å². The molecule has 2 N–H and O–H groups in total. The summed E-state index contributed by atoms with van der Waals surface area (Å²) in [5.41, 5.74) is 0.987. The van der Waals surface area contributed by atoms with E-state index in [1.807, 2.05) is 36.4 Å². The van der Waals surface area contributed by atoms with Gasteiger partial charge in [-0.1, -0.05) is 48.9 Å². The van der Waals surface area contributed by atoms with Crippen molar-refractivity contribution in [1.82, 2.24) is 5.32 Å². The summed E-state index contributed by atoms with van der Waals surface area (Å²) in [6.07, 6.45) is 8.07. The summed E-state index contributed by atoms with van der Waals surface area (Å²) in [6.45, 7) is 0. The number of nitrogens with one attached hydrogen (secondary N) is 1. The quantitative estimate of drug-likeness (QED) is 0.840. The summed E-state index contributed by atoms with van der Waals surface area (Å²) in [5.74, 6) is -1.07. The van der Waals surface area contributed by atoms with E-state index in [4.69, 9.17) is 4.74 Å². The predicted molar refractivity (Wildman–Crippen MR) is 88.0 cm³/mol. The molecule has 0 spiro atoms. The molecule has 1 aliphatic rings. The number of rotatable bonds is 6. The lowest BCUT2D eigenvalue weighted by Gasteiger charge is -2.23. The van der Waals surface area contributed by atoms with Gasteiger partial charge < -0.3 is 15.2 Å². The molecular weight excluding hydrogens is 294 g/mol. The first-order chi connectivity index (χ1) is 11.1. The van der Waals surface area contributed by atoms with Crippen LogP contribution in [0, 0.1) is 0 Å². The summed E-state index contributed by atoms with van der Waals surface area (Å²) in [4.78, 5) is 23.1. The van der Waals surface area contributed by atoms with E-state index >= 15 is 0 Å². The van der Waals surface area contributed by atoms with Crippen molar-refractivity contribution in [2.24, 2.45) is 0 Å². The fraction of sp³-hybridized carbons (Fsp3) is 0.444. The summed E-state index contributed by atoms with van der Waals surface area (Å²) in [7, 11) is 0. The minimum absolute atomic E-state index is 0.0851. The predicted octanol–water partition coefficient (Wildman–Crippen LogP) is 3.60. The molecule has 1 atom stereocenters. The molecule has 0 bridgehead atoms. The topological polar surface area (TPSA) is 75.6 Å². The van der Waals surface area contributed by atoms with Crippen LogP contribution in [-0.4, -0.2) is 29.3 Å². The largest absolute Gasteiger partial charge is 0.480 e. The second-order valence-electron chi connectivity index (χ2n) is 5.75. The number of amides is 1. The van der Waals surface area contributed by atoms with Crippen molar-refractivity contribution in [3.8, 4) is 0 Å². The second-order valence-corrected chi connectivity index (χ2v) is 5.75. The summed E-state index contributed by atoms with van der Waals surface area (Å²) in [6, 6.07) is 8.61. The third-order valence-electron chi connectivity index (χ3n) is 3.90. The maximum atomic E-state index is 11.8. The molecule has 1 aliphatic carbocycles.